The molecule has 0 saturated heterocycles. The van der Waals surface area contributed by atoms with Gasteiger partial charge in [0.2, 0.25) is 0 Å². The van der Waals surface area contributed by atoms with E-state index in [1.807, 2.05) is 13.0 Å². The lowest BCUT2D eigenvalue weighted by molar-refractivity contribution is -0.138. The number of phenolic OH excluding ortho intramolecular Hbond substituents is 1. The maximum absolute atomic E-state index is 10.8. The van der Waals surface area contributed by atoms with E-state index in [9.17, 15) is 9.90 Å². The van der Waals surface area contributed by atoms with Gasteiger partial charge in [0.15, 0.2) is 0 Å². The topological polar surface area (TPSA) is 57.5 Å². The molecule has 0 aliphatic heterocycles. The van der Waals surface area contributed by atoms with E-state index in [1.54, 1.807) is 18.2 Å². The molecule has 0 radical (unpaired) electrons. The molecule has 0 bridgehead atoms. The van der Waals surface area contributed by atoms with Gasteiger partial charge in [-0.05, 0) is 12.5 Å². The van der Waals surface area contributed by atoms with Gasteiger partial charge in [-0.25, -0.2) is 0 Å². The zero-order valence-electron chi connectivity index (χ0n) is 7.90. The van der Waals surface area contributed by atoms with E-state index in [1.165, 1.54) is 0 Å². The molecule has 3 heteroatoms. The van der Waals surface area contributed by atoms with Crippen LogP contribution in [-0.2, 0) is 10.2 Å². The van der Waals surface area contributed by atoms with Crippen LogP contribution in [0.3, 0.4) is 0 Å². The van der Waals surface area contributed by atoms with Crippen LogP contribution in [0.25, 0.3) is 0 Å². The van der Waals surface area contributed by atoms with Crippen LogP contribution in [0.1, 0.15) is 18.9 Å². The summed E-state index contributed by atoms with van der Waals surface area (Å²) >= 11 is 0. The van der Waals surface area contributed by atoms with Gasteiger partial charge in [0.05, 0.1) is 5.92 Å². The zero-order chi connectivity index (χ0) is 10.3. The van der Waals surface area contributed by atoms with Gasteiger partial charge in [-0.15, -0.1) is 0 Å². The van der Waals surface area contributed by atoms with Crippen LogP contribution < -0.4 is 0 Å². The minimum Gasteiger partial charge on any atom is -0.508 e. The van der Waals surface area contributed by atoms with E-state index in [4.69, 9.17) is 5.11 Å². The second kappa shape index (κ2) is 2.74. The van der Waals surface area contributed by atoms with E-state index in [0.717, 1.165) is 5.56 Å². The number of rotatable bonds is 2. The molecular formula is C11H12O3. The van der Waals surface area contributed by atoms with E-state index < -0.39 is 5.97 Å². The summed E-state index contributed by atoms with van der Waals surface area (Å²) in [7, 11) is 0. The molecule has 3 nitrogen and oxygen atoms in total. The molecule has 74 valence electrons. The second-order valence-electron chi connectivity index (χ2n) is 4.03. The van der Waals surface area contributed by atoms with E-state index >= 15 is 0 Å². The van der Waals surface area contributed by atoms with Crippen molar-refractivity contribution in [2.24, 2.45) is 5.92 Å². The Hall–Kier alpha value is -1.51. The lowest BCUT2D eigenvalue weighted by Crippen LogP contribution is -2.11. The van der Waals surface area contributed by atoms with Gasteiger partial charge in [0.25, 0.3) is 0 Å². The summed E-state index contributed by atoms with van der Waals surface area (Å²) in [6, 6.07) is 6.94. The van der Waals surface area contributed by atoms with Crippen LogP contribution in [0, 0.1) is 5.92 Å². The molecular weight excluding hydrogens is 180 g/mol. The Kier molecular flexibility index (Phi) is 1.77. The van der Waals surface area contributed by atoms with Gasteiger partial charge in [0, 0.05) is 11.0 Å². The summed E-state index contributed by atoms with van der Waals surface area (Å²) in [5.41, 5.74) is 0.365. The number of hydrogen-bond donors (Lipinski definition) is 2. The van der Waals surface area contributed by atoms with Crippen molar-refractivity contribution in [3.63, 3.8) is 0 Å². The molecule has 1 aromatic carbocycles. The Morgan fingerprint density at radius 1 is 1.50 bits per heavy atom. The zero-order valence-corrected chi connectivity index (χ0v) is 7.90. The number of aliphatic carboxylic acids is 1. The highest BCUT2D eigenvalue weighted by Gasteiger charge is 2.56. The Balaban J connectivity index is 2.34. The number of para-hydroxylation sites is 1. The molecule has 1 fully saturated rings. The summed E-state index contributed by atoms with van der Waals surface area (Å²) in [6.07, 6.45) is 0.611. The van der Waals surface area contributed by atoms with Gasteiger partial charge >= 0.3 is 5.97 Å². The molecule has 2 atom stereocenters. The van der Waals surface area contributed by atoms with Crippen LogP contribution in [0.4, 0.5) is 0 Å². The van der Waals surface area contributed by atoms with Crippen LogP contribution in [0.15, 0.2) is 24.3 Å². The molecule has 2 N–H and O–H groups in total. The molecule has 2 rings (SSSR count). The highest BCUT2D eigenvalue weighted by Crippen LogP contribution is 2.56. The van der Waals surface area contributed by atoms with E-state index in [0.29, 0.717) is 6.42 Å². The smallest absolute Gasteiger partial charge is 0.307 e. The number of carboxylic acid groups (broad SMARTS) is 1. The maximum Gasteiger partial charge on any atom is 0.307 e. The first-order chi connectivity index (χ1) is 6.55. The molecule has 1 aliphatic rings. The predicted molar refractivity (Wildman–Crippen MR) is 51.2 cm³/mol. The van der Waals surface area contributed by atoms with Crippen LogP contribution >= 0.6 is 0 Å². The van der Waals surface area contributed by atoms with Crippen molar-refractivity contribution >= 4 is 5.97 Å². The fourth-order valence-corrected chi connectivity index (χ4v) is 1.98. The van der Waals surface area contributed by atoms with Crippen molar-refractivity contribution in [3.8, 4) is 5.75 Å². The van der Waals surface area contributed by atoms with Crippen molar-refractivity contribution in [3.05, 3.63) is 29.8 Å². The average molecular weight is 192 g/mol. The summed E-state index contributed by atoms with van der Waals surface area (Å²) in [5.74, 6) is -0.940. The van der Waals surface area contributed by atoms with Gasteiger partial charge in [-0.1, -0.05) is 25.1 Å². The fraction of sp³-hybridized carbons (Fsp3) is 0.364. The van der Waals surface area contributed by atoms with Gasteiger partial charge in [-0.3, -0.25) is 4.79 Å². The Morgan fingerprint density at radius 2 is 2.14 bits per heavy atom. The number of hydrogen-bond acceptors (Lipinski definition) is 2. The SMILES string of the molecule is C[C@]1(c2ccccc2O)C[C@@H]1C(=O)O. The number of carboxylic acids is 1. The lowest BCUT2D eigenvalue weighted by Gasteiger charge is -2.11. The quantitative estimate of drug-likeness (QED) is 0.750. The number of carbonyl (C=O) groups is 1. The van der Waals surface area contributed by atoms with E-state index in [-0.39, 0.29) is 17.1 Å². The highest BCUT2D eigenvalue weighted by atomic mass is 16.4. The third-order valence-corrected chi connectivity index (χ3v) is 3.05. The average Bonchev–Trinajstić information content (AvgIpc) is 2.80. The Labute approximate surface area is 82.0 Å². The van der Waals surface area contributed by atoms with Crippen molar-refractivity contribution < 1.29 is 15.0 Å². The van der Waals surface area contributed by atoms with Crippen molar-refractivity contribution in [1.82, 2.24) is 0 Å². The molecule has 0 spiro atoms. The molecule has 0 aromatic heterocycles. The third-order valence-electron chi connectivity index (χ3n) is 3.05. The number of benzene rings is 1. The third kappa shape index (κ3) is 1.16. The van der Waals surface area contributed by atoms with Crippen LogP contribution in [0.5, 0.6) is 5.75 Å². The lowest BCUT2D eigenvalue weighted by atomic mass is 9.94. The van der Waals surface area contributed by atoms with E-state index in [2.05, 4.69) is 0 Å². The van der Waals surface area contributed by atoms with Gasteiger partial charge < -0.3 is 10.2 Å². The number of aromatic hydroxyl groups is 1. The van der Waals surface area contributed by atoms with Gasteiger partial charge in [-0.2, -0.15) is 0 Å². The predicted octanol–water partition coefficient (Wildman–Crippen LogP) is 1.75. The molecule has 0 unspecified atom stereocenters. The fourth-order valence-electron chi connectivity index (χ4n) is 1.98. The van der Waals surface area contributed by atoms with Crippen molar-refractivity contribution in [2.75, 3.05) is 0 Å². The second-order valence-corrected chi connectivity index (χ2v) is 4.03. The largest absolute Gasteiger partial charge is 0.508 e. The summed E-state index contributed by atoms with van der Waals surface area (Å²) < 4.78 is 0. The summed E-state index contributed by atoms with van der Waals surface area (Å²) in [6.45, 7) is 1.88. The molecule has 14 heavy (non-hydrogen) atoms. The molecule has 0 heterocycles. The first kappa shape index (κ1) is 9.06. The molecule has 1 aliphatic carbocycles. The molecule has 0 amide bonds. The monoisotopic (exact) mass is 192 g/mol. The highest BCUT2D eigenvalue weighted by molar-refractivity contribution is 5.77. The molecule has 1 saturated carbocycles. The van der Waals surface area contributed by atoms with Crippen LogP contribution in [-0.4, -0.2) is 16.2 Å². The standard InChI is InChI=1S/C11H12O3/c1-11(6-8(11)10(13)14)7-4-2-3-5-9(7)12/h2-5,8,12H,6H2,1H3,(H,13,14)/t8-,11-/m1/s1. The first-order valence-corrected chi connectivity index (χ1v) is 4.57. The Bertz CT molecular complexity index is 386. The minimum atomic E-state index is -0.782. The van der Waals surface area contributed by atoms with Crippen LogP contribution in [0.2, 0.25) is 0 Å². The summed E-state index contributed by atoms with van der Waals surface area (Å²) in [4.78, 5) is 10.8. The normalized spacial score (nSPS) is 29.9. The minimum absolute atomic E-state index is 0.193. The van der Waals surface area contributed by atoms with Crippen molar-refractivity contribution in [2.45, 2.75) is 18.8 Å². The van der Waals surface area contributed by atoms with Gasteiger partial charge in [0.1, 0.15) is 5.75 Å². The number of phenols is 1. The summed E-state index contributed by atoms with van der Waals surface area (Å²) in [5, 5.41) is 18.5. The van der Waals surface area contributed by atoms with Crippen molar-refractivity contribution in [1.29, 1.82) is 0 Å². The first-order valence-electron chi connectivity index (χ1n) is 4.57. The maximum atomic E-state index is 10.8. The molecule has 1 aromatic rings. The Morgan fingerprint density at radius 3 is 2.64 bits per heavy atom.